The topological polar surface area (TPSA) is 78.9 Å². The summed E-state index contributed by atoms with van der Waals surface area (Å²) < 4.78 is 16.9. The van der Waals surface area contributed by atoms with Gasteiger partial charge in [0.05, 0.1) is 0 Å². The van der Waals surface area contributed by atoms with Gasteiger partial charge in [-0.1, -0.05) is 238 Å². The molecule has 0 rings (SSSR count). The van der Waals surface area contributed by atoms with Gasteiger partial charge >= 0.3 is 17.9 Å². The van der Waals surface area contributed by atoms with Crippen molar-refractivity contribution in [2.75, 3.05) is 13.2 Å². The number of carbonyl (C=O) groups excluding carboxylic acids is 3. The Labute approximate surface area is 455 Å². The highest BCUT2D eigenvalue weighted by molar-refractivity contribution is 5.71. The Bertz CT molecular complexity index is 1600. The predicted octanol–water partition coefficient (Wildman–Crippen LogP) is 20.6. The average molecular weight is 1020 g/mol. The third-order valence-corrected chi connectivity index (χ3v) is 12.4. The van der Waals surface area contributed by atoms with E-state index >= 15 is 0 Å². The molecule has 0 saturated carbocycles. The zero-order valence-corrected chi connectivity index (χ0v) is 47.8. The van der Waals surface area contributed by atoms with Crippen molar-refractivity contribution in [2.45, 2.75) is 264 Å². The van der Waals surface area contributed by atoms with Gasteiger partial charge in [-0.15, -0.1) is 0 Å². The molecule has 0 aliphatic rings. The number of rotatable bonds is 53. The molecule has 0 aromatic carbocycles. The van der Waals surface area contributed by atoms with Crippen LogP contribution in [0.15, 0.2) is 134 Å². The highest BCUT2D eigenvalue weighted by atomic mass is 16.6. The Morgan fingerprint density at radius 1 is 0.284 bits per heavy atom. The molecule has 0 bridgehead atoms. The molecule has 0 amide bonds. The van der Waals surface area contributed by atoms with E-state index in [9.17, 15) is 14.4 Å². The largest absolute Gasteiger partial charge is 0.462 e. The summed E-state index contributed by atoms with van der Waals surface area (Å²) in [5, 5.41) is 0. The first-order valence-corrected chi connectivity index (χ1v) is 30.2. The number of carbonyl (C=O) groups is 3. The molecule has 6 nitrogen and oxygen atoms in total. The van der Waals surface area contributed by atoms with Crippen molar-refractivity contribution in [3.05, 3.63) is 134 Å². The van der Waals surface area contributed by atoms with Crippen molar-refractivity contribution < 1.29 is 28.6 Å². The highest BCUT2D eigenvalue weighted by Gasteiger charge is 2.19. The zero-order chi connectivity index (χ0) is 53.6. The number of unbranched alkanes of at least 4 members (excludes halogenated alkanes) is 20. The van der Waals surface area contributed by atoms with Crippen molar-refractivity contribution in [3.63, 3.8) is 0 Å². The third-order valence-electron chi connectivity index (χ3n) is 12.4. The summed E-state index contributed by atoms with van der Waals surface area (Å²) in [5.74, 6) is -0.938. The van der Waals surface area contributed by atoms with Crippen LogP contribution in [-0.2, 0) is 28.6 Å². The van der Waals surface area contributed by atoms with E-state index in [0.29, 0.717) is 19.3 Å². The van der Waals surface area contributed by atoms with Crippen molar-refractivity contribution >= 4 is 17.9 Å². The monoisotopic (exact) mass is 1020 g/mol. The molecule has 0 saturated heterocycles. The quantitative estimate of drug-likeness (QED) is 0.0261. The fraction of sp³-hybridized carbons (Fsp3) is 0.632. The van der Waals surface area contributed by atoms with Gasteiger partial charge in [0, 0.05) is 19.3 Å². The van der Waals surface area contributed by atoms with E-state index in [4.69, 9.17) is 14.2 Å². The molecule has 0 fully saturated rings. The first-order valence-electron chi connectivity index (χ1n) is 30.2. The minimum atomic E-state index is -0.802. The maximum Gasteiger partial charge on any atom is 0.306 e. The Hall–Kier alpha value is -4.45. The second kappa shape index (κ2) is 61.1. The van der Waals surface area contributed by atoms with Gasteiger partial charge in [0.1, 0.15) is 13.2 Å². The van der Waals surface area contributed by atoms with Crippen molar-refractivity contribution in [3.8, 4) is 0 Å². The van der Waals surface area contributed by atoms with Crippen LogP contribution in [-0.4, -0.2) is 37.2 Å². The zero-order valence-electron chi connectivity index (χ0n) is 47.8. The molecule has 1 unspecified atom stereocenters. The Morgan fingerprint density at radius 2 is 0.527 bits per heavy atom. The van der Waals surface area contributed by atoms with Gasteiger partial charge in [-0.2, -0.15) is 0 Å². The Morgan fingerprint density at radius 3 is 0.838 bits per heavy atom. The van der Waals surface area contributed by atoms with E-state index in [-0.39, 0.29) is 31.1 Å². The van der Waals surface area contributed by atoms with Gasteiger partial charge in [-0.05, 0) is 135 Å². The minimum absolute atomic E-state index is 0.0979. The van der Waals surface area contributed by atoms with Crippen LogP contribution in [0.25, 0.3) is 0 Å². The first-order chi connectivity index (χ1) is 36.5. The Balaban J connectivity index is 4.43. The molecular formula is C68H110O6. The summed E-state index contributed by atoms with van der Waals surface area (Å²) in [6, 6.07) is 0. The van der Waals surface area contributed by atoms with E-state index in [0.717, 1.165) is 161 Å². The average Bonchev–Trinajstić information content (AvgIpc) is 3.40. The lowest BCUT2D eigenvalue weighted by atomic mass is 10.1. The summed E-state index contributed by atoms with van der Waals surface area (Å²) in [7, 11) is 0. The van der Waals surface area contributed by atoms with E-state index in [2.05, 4.69) is 154 Å². The lowest BCUT2D eigenvalue weighted by Crippen LogP contribution is -2.30. The van der Waals surface area contributed by atoms with E-state index < -0.39 is 6.10 Å². The summed E-state index contributed by atoms with van der Waals surface area (Å²) in [4.78, 5) is 38.2. The second-order valence-electron chi connectivity index (χ2n) is 19.5. The first kappa shape index (κ1) is 69.5. The van der Waals surface area contributed by atoms with Crippen molar-refractivity contribution in [1.82, 2.24) is 0 Å². The molecule has 6 heteroatoms. The standard InChI is InChI=1S/C68H110O6/c1-4-7-10-13-16-19-22-25-27-29-31-33-34-36-37-39-41-43-46-49-52-55-58-61-67(70)73-64-65(63-72-66(69)60-57-54-51-48-45-24-21-18-15-12-9-6-3)74-68(71)62-59-56-53-50-47-44-42-40-38-35-32-30-28-26-23-20-17-14-11-8-5-2/h7-8,10-11,16-21,25-28,31-33,35-37,40,42,65H,4-6,9,12-15,22-24,29-30,34,38-39,41,43-64H2,1-3H3/b10-7-,11-8-,19-16-,20-17-,21-18-,27-25-,28-26-,33-31-,35-32-,37-36-,42-40-. The van der Waals surface area contributed by atoms with Crippen LogP contribution < -0.4 is 0 Å². The highest BCUT2D eigenvalue weighted by Crippen LogP contribution is 2.14. The Kier molecular flexibility index (Phi) is 57.4. The number of allylic oxidation sites excluding steroid dienone is 22. The molecule has 0 aliphatic carbocycles. The van der Waals surface area contributed by atoms with E-state index in [1.54, 1.807) is 0 Å². The summed E-state index contributed by atoms with van der Waals surface area (Å²) in [6.45, 7) is 6.35. The number of hydrogen-bond acceptors (Lipinski definition) is 6. The van der Waals surface area contributed by atoms with E-state index in [1.165, 1.54) is 57.8 Å². The molecule has 0 aromatic heterocycles. The number of hydrogen-bond donors (Lipinski definition) is 0. The molecule has 1 atom stereocenters. The molecule has 0 aromatic rings. The van der Waals surface area contributed by atoms with Gasteiger partial charge in [-0.3, -0.25) is 14.4 Å². The molecular weight excluding hydrogens is 913 g/mol. The smallest absolute Gasteiger partial charge is 0.306 e. The van der Waals surface area contributed by atoms with Crippen molar-refractivity contribution in [1.29, 1.82) is 0 Å². The van der Waals surface area contributed by atoms with Crippen LogP contribution in [0, 0.1) is 0 Å². The maximum atomic E-state index is 12.9. The van der Waals surface area contributed by atoms with Crippen LogP contribution in [0.4, 0.5) is 0 Å². The van der Waals surface area contributed by atoms with Crippen LogP contribution in [0.3, 0.4) is 0 Å². The molecule has 0 spiro atoms. The summed E-state index contributed by atoms with van der Waals surface area (Å²) in [6.07, 6.45) is 85.8. The van der Waals surface area contributed by atoms with Gasteiger partial charge in [0.2, 0.25) is 0 Å². The van der Waals surface area contributed by atoms with Crippen LogP contribution >= 0.6 is 0 Å². The third kappa shape index (κ3) is 58.4. The van der Waals surface area contributed by atoms with Gasteiger partial charge in [0.15, 0.2) is 6.10 Å². The predicted molar refractivity (Wildman–Crippen MR) is 320 cm³/mol. The van der Waals surface area contributed by atoms with E-state index in [1.807, 2.05) is 0 Å². The molecule has 418 valence electrons. The normalized spacial score (nSPS) is 13.1. The maximum absolute atomic E-state index is 12.9. The second-order valence-corrected chi connectivity index (χ2v) is 19.5. The van der Waals surface area contributed by atoms with Crippen LogP contribution in [0.1, 0.15) is 258 Å². The van der Waals surface area contributed by atoms with Crippen LogP contribution in [0.2, 0.25) is 0 Å². The fourth-order valence-corrected chi connectivity index (χ4v) is 7.90. The summed E-state index contributed by atoms with van der Waals surface area (Å²) in [5.41, 5.74) is 0. The van der Waals surface area contributed by atoms with Crippen LogP contribution in [0.5, 0.6) is 0 Å². The van der Waals surface area contributed by atoms with Gasteiger partial charge in [-0.25, -0.2) is 0 Å². The number of esters is 3. The molecule has 74 heavy (non-hydrogen) atoms. The SMILES string of the molecule is CC/C=C\C/C=C\C/C=C\C/C=C\C/C=C\CCCCCCCCCC(=O)OCC(COC(=O)CCCCCCC/C=C\CCCCC)OC(=O)CCCCCCC/C=C\C/C=C\C/C=C\C/C=C\C/C=C\CC. The molecule has 0 aliphatic heterocycles. The fourth-order valence-electron chi connectivity index (χ4n) is 7.90. The summed E-state index contributed by atoms with van der Waals surface area (Å²) >= 11 is 0. The number of ether oxygens (including phenoxy) is 3. The molecule has 0 heterocycles. The molecule has 0 N–H and O–H groups in total. The lowest BCUT2D eigenvalue weighted by molar-refractivity contribution is -0.167. The van der Waals surface area contributed by atoms with Gasteiger partial charge < -0.3 is 14.2 Å². The van der Waals surface area contributed by atoms with Crippen molar-refractivity contribution in [2.24, 2.45) is 0 Å². The van der Waals surface area contributed by atoms with Gasteiger partial charge in [0.25, 0.3) is 0 Å². The minimum Gasteiger partial charge on any atom is -0.462 e. The molecule has 0 radical (unpaired) electrons. The lowest BCUT2D eigenvalue weighted by Gasteiger charge is -2.18.